The summed E-state index contributed by atoms with van der Waals surface area (Å²) in [5, 5.41) is 15.5. The topological polar surface area (TPSA) is 130 Å². The largest absolute Gasteiger partial charge is 0.481 e. The Bertz CT molecular complexity index is 1280. The van der Waals surface area contributed by atoms with Gasteiger partial charge in [0.15, 0.2) is 10.8 Å². The number of aromatic nitrogens is 1. The van der Waals surface area contributed by atoms with E-state index in [4.69, 9.17) is 42.8 Å². The van der Waals surface area contributed by atoms with E-state index >= 15 is 0 Å². The van der Waals surface area contributed by atoms with Crippen LogP contribution in [0.4, 0.5) is 0 Å². The molecule has 2 aliphatic rings. The number of benzene rings is 1. The molecule has 0 bridgehead atoms. The van der Waals surface area contributed by atoms with Gasteiger partial charge in [0.25, 0.3) is 0 Å². The van der Waals surface area contributed by atoms with E-state index in [0.29, 0.717) is 70.4 Å². The van der Waals surface area contributed by atoms with Crippen molar-refractivity contribution in [2.75, 3.05) is 32.8 Å². The van der Waals surface area contributed by atoms with Gasteiger partial charge in [-0.25, -0.2) is 9.78 Å². The molecule has 1 fully saturated rings. The van der Waals surface area contributed by atoms with E-state index in [9.17, 15) is 14.4 Å². The van der Waals surface area contributed by atoms with Crippen LogP contribution in [0.3, 0.4) is 0 Å². The number of amidine groups is 1. The molecule has 0 spiro atoms. The van der Waals surface area contributed by atoms with E-state index in [0.717, 1.165) is 0 Å². The average molecular weight is 596 g/mol. The predicted octanol–water partition coefficient (Wildman–Crippen LogP) is 3.88. The number of ketones is 1. The molecule has 0 aliphatic carbocycles. The molecule has 1 aromatic heterocycles. The Kier molecular flexibility index (Phi) is 10.1. The highest BCUT2D eigenvalue weighted by atomic mass is 35.5. The standard InChI is InChI=1S/C26H28Cl2N4O6S/c1-2-37-26(36)22-20(14-32-8-9-38-17(13-32)5-4-16(33)12-21(34)35)30-24(25-29-7-10-39-25)31-23(22)18-6-3-15(27)11-19(18)28/h3,6-7,10-11,17,23H,2,4-5,8-9,12-14H2,1H3,(H,30,31)(H,34,35)/t17-,23+/m1/s1. The molecule has 1 saturated heterocycles. The van der Waals surface area contributed by atoms with E-state index in [1.807, 2.05) is 5.38 Å². The maximum atomic E-state index is 13.3. The van der Waals surface area contributed by atoms with Crippen LogP contribution in [-0.4, -0.2) is 77.5 Å². The van der Waals surface area contributed by atoms with Crippen LogP contribution < -0.4 is 5.32 Å². The van der Waals surface area contributed by atoms with Crippen LogP contribution in [0.1, 0.15) is 42.8 Å². The second-order valence-electron chi connectivity index (χ2n) is 9.00. The van der Waals surface area contributed by atoms with Gasteiger partial charge >= 0.3 is 11.9 Å². The summed E-state index contributed by atoms with van der Waals surface area (Å²) in [7, 11) is 0. The van der Waals surface area contributed by atoms with Crippen molar-refractivity contribution in [2.24, 2.45) is 4.99 Å². The van der Waals surface area contributed by atoms with Crippen molar-refractivity contribution in [3.05, 3.63) is 61.7 Å². The van der Waals surface area contributed by atoms with Crippen LogP contribution >= 0.6 is 34.5 Å². The highest BCUT2D eigenvalue weighted by Crippen LogP contribution is 2.37. The zero-order valence-corrected chi connectivity index (χ0v) is 23.5. The van der Waals surface area contributed by atoms with Crippen LogP contribution in [-0.2, 0) is 23.9 Å². The molecular formula is C26H28Cl2N4O6S. The Labute approximate surface area is 239 Å². The van der Waals surface area contributed by atoms with Crippen LogP contribution in [0.5, 0.6) is 0 Å². The quantitative estimate of drug-likeness (QED) is 0.294. The minimum Gasteiger partial charge on any atom is -0.481 e. The molecule has 0 unspecified atom stereocenters. The van der Waals surface area contributed by atoms with E-state index in [1.165, 1.54) is 11.3 Å². The number of ether oxygens (including phenoxy) is 2. The highest BCUT2D eigenvalue weighted by Gasteiger charge is 2.35. The number of aliphatic carboxylic acids is 1. The van der Waals surface area contributed by atoms with E-state index in [-0.39, 0.29) is 24.9 Å². The Morgan fingerprint density at radius 2 is 2.13 bits per heavy atom. The van der Waals surface area contributed by atoms with Gasteiger partial charge in [-0.05, 0) is 25.5 Å². The number of rotatable bonds is 11. The van der Waals surface area contributed by atoms with Gasteiger partial charge in [0, 0.05) is 58.9 Å². The molecule has 3 heterocycles. The summed E-state index contributed by atoms with van der Waals surface area (Å²) in [4.78, 5) is 47.4. The highest BCUT2D eigenvalue weighted by molar-refractivity contribution is 7.11. The van der Waals surface area contributed by atoms with Gasteiger partial charge in [-0.1, -0.05) is 29.3 Å². The van der Waals surface area contributed by atoms with Crippen molar-refractivity contribution in [3.63, 3.8) is 0 Å². The summed E-state index contributed by atoms with van der Waals surface area (Å²) in [5.41, 5.74) is 1.54. The number of carbonyl (C=O) groups is 3. The molecule has 2 aliphatic heterocycles. The molecule has 208 valence electrons. The summed E-state index contributed by atoms with van der Waals surface area (Å²) in [6, 6.07) is 4.30. The molecule has 13 heteroatoms. The lowest BCUT2D eigenvalue weighted by Gasteiger charge is -2.35. The van der Waals surface area contributed by atoms with Crippen molar-refractivity contribution in [1.82, 2.24) is 15.2 Å². The molecule has 0 amide bonds. The first kappa shape index (κ1) is 29.2. The summed E-state index contributed by atoms with van der Waals surface area (Å²) in [6.45, 7) is 3.79. The number of esters is 1. The number of morpholine rings is 1. The van der Waals surface area contributed by atoms with Gasteiger partial charge in [-0.15, -0.1) is 11.3 Å². The second kappa shape index (κ2) is 13.5. The Hall–Kier alpha value is -2.83. The van der Waals surface area contributed by atoms with Crippen LogP contribution in [0.15, 0.2) is 46.0 Å². The number of carbonyl (C=O) groups excluding carboxylic acids is 2. The molecule has 10 nitrogen and oxygen atoms in total. The average Bonchev–Trinajstić information content (AvgIpc) is 3.42. The first-order chi connectivity index (χ1) is 18.7. The van der Waals surface area contributed by atoms with Crippen molar-refractivity contribution in [2.45, 2.75) is 38.3 Å². The van der Waals surface area contributed by atoms with Gasteiger partial charge in [0.05, 0.1) is 24.9 Å². The molecule has 0 radical (unpaired) electrons. The molecule has 4 rings (SSSR count). The summed E-state index contributed by atoms with van der Waals surface area (Å²) in [6.07, 6.45) is 1.47. The third-order valence-electron chi connectivity index (χ3n) is 6.21. The molecule has 1 aromatic carbocycles. The predicted molar refractivity (Wildman–Crippen MR) is 147 cm³/mol. The number of carboxylic acids is 1. The number of nitrogens with one attached hydrogen (secondary N) is 1. The monoisotopic (exact) mass is 594 g/mol. The molecular weight excluding hydrogens is 567 g/mol. The number of nitrogens with zero attached hydrogens (tertiary/aromatic N) is 3. The SMILES string of the molecule is CCOC(=O)C1=C(CN2CCO[C@H](CCC(=O)CC(=O)O)C2)NC(c2nccs2)=N[C@H]1c1ccc(Cl)cc1Cl. The van der Waals surface area contributed by atoms with Gasteiger partial charge in [0.1, 0.15) is 18.2 Å². The fourth-order valence-corrected chi connectivity index (χ4v) is 5.57. The second-order valence-corrected chi connectivity index (χ2v) is 10.7. The zero-order valence-electron chi connectivity index (χ0n) is 21.2. The molecule has 2 atom stereocenters. The van der Waals surface area contributed by atoms with E-state index < -0.39 is 24.4 Å². The molecule has 2 N–H and O–H groups in total. The third-order valence-corrected chi connectivity index (χ3v) is 7.55. The van der Waals surface area contributed by atoms with Gasteiger partial charge in [0.2, 0.25) is 0 Å². The minimum atomic E-state index is -1.14. The van der Waals surface area contributed by atoms with Crippen LogP contribution in [0.2, 0.25) is 10.0 Å². The minimum absolute atomic E-state index is 0.123. The number of halogens is 2. The van der Waals surface area contributed by atoms with E-state index in [1.54, 1.807) is 31.3 Å². The number of thiazole rings is 1. The summed E-state index contributed by atoms with van der Waals surface area (Å²) in [5.74, 6) is -1.48. The molecule has 2 aromatic rings. The number of aliphatic imine (C=N–C) groups is 1. The maximum Gasteiger partial charge on any atom is 0.338 e. The van der Waals surface area contributed by atoms with Crippen molar-refractivity contribution >= 4 is 58.1 Å². The van der Waals surface area contributed by atoms with Gasteiger partial charge in [-0.2, -0.15) is 0 Å². The van der Waals surface area contributed by atoms with Crippen molar-refractivity contribution in [1.29, 1.82) is 0 Å². The first-order valence-electron chi connectivity index (χ1n) is 12.4. The number of hydrogen-bond acceptors (Lipinski definition) is 10. The first-order valence-corrected chi connectivity index (χ1v) is 14.1. The maximum absolute atomic E-state index is 13.3. The third kappa shape index (κ3) is 7.64. The fraction of sp³-hybridized carbons (Fsp3) is 0.423. The number of hydrogen-bond donors (Lipinski definition) is 2. The smallest absolute Gasteiger partial charge is 0.338 e. The lowest BCUT2D eigenvalue weighted by Crippen LogP contribution is -2.46. The Morgan fingerprint density at radius 1 is 1.31 bits per heavy atom. The fourth-order valence-electron chi connectivity index (χ4n) is 4.47. The van der Waals surface area contributed by atoms with Crippen LogP contribution in [0.25, 0.3) is 0 Å². The normalized spacial score (nSPS) is 19.8. The summed E-state index contributed by atoms with van der Waals surface area (Å²) < 4.78 is 11.3. The Balaban J connectivity index is 1.64. The van der Waals surface area contributed by atoms with Crippen LogP contribution in [0, 0.1) is 0 Å². The van der Waals surface area contributed by atoms with E-state index in [2.05, 4.69) is 15.2 Å². The van der Waals surface area contributed by atoms with Crippen molar-refractivity contribution < 1.29 is 29.0 Å². The lowest BCUT2D eigenvalue weighted by molar-refractivity contribution is -0.141. The zero-order chi connectivity index (χ0) is 27.9. The lowest BCUT2D eigenvalue weighted by atomic mass is 9.95. The summed E-state index contributed by atoms with van der Waals surface area (Å²) >= 11 is 14.1. The Morgan fingerprint density at radius 3 is 2.82 bits per heavy atom. The van der Waals surface area contributed by atoms with Gasteiger partial charge in [-0.3, -0.25) is 19.5 Å². The number of carboxylic acid groups (broad SMARTS) is 1. The number of Topliss-reactive ketones (excluding diaryl/α,β-unsaturated/α-hetero) is 1. The molecule has 39 heavy (non-hydrogen) atoms. The molecule has 0 saturated carbocycles. The van der Waals surface area contributed by atoms with Crippen molar-refractivity contribution in [3.8, 4) is 0 Å². The van der Waals surface area contributed by atoms with Gasteiger partial charge < -0.3 is 19.9 Å².